The molecule has 0 aromatic heterocycles. The topological polar surface area (TPSA) is 38.3 Å². The summed E-state index contributed by atoms with van der Waals surface area (Å²) in [4.78, 5) is 12.3. The molecule has 2 rings (SSSR count). The van der Waals surface area contributed by atoms with Crippen LogP contribution in [0.1, 0.15) is 13.3 Å². The Balaban J connectivity index is 2.08. The molecule has 116 valence electrons. The van der Waals surface area contributed by atoms with Gasteiger partial charge in [-0.3, -0.25) is 4.79 Å². The van der Waals surface area contributed by atoms with E-state index in [1.54, 1.807) is 18.2 Å². The second-order valence-electron chi connectivity index (χ2n) is 4.56. The molecule has 3 nitrogen and oxygen atoms in total. The van der Waals surface area contributed by atoms with Gasteiger partial charge in [-0.25, -0.2) is 4.39 Å². The molecule has 0 aliphatic heterocycles. The summed E-state index contributed by atoms with van der Waals surface area (Å²) in [5.41, 5.74) is 0.417. The second kappa shape index (κ2) is 7.47. The molecule has 1 atom stereocenters. The summed E-state index contributed by atoms with van der Waals surface area (Å²) in [5.74, 6) is -0.299. The van der Waals surface area contributed by atoms with Crippen LogP contribution >= 0.6 is 23.2 Å². The zero-order valence-electron chi connectivity index (χ0n) is 11.8. The molecule has 0 heterocycles. The summed E-state index contributed by atoms with van der Waals surface area (Å²) in [5, 5.41) is 3.31. The molecule has 0 fully saturated rings. The second-order valence-corrected chi connectivity index (χ2v) is 5.34. The number of benzene rings is 2. The maximum absolute atomic E-state index is 12.9. The third kappa shape index (κ3) is 4.12. The minimum absolute atomic E-state index is 0.272. The molecule has 22 heavy (non-hydrogen) atoms. The number of rotatable bonds is 5. The van der Waals surface area contributed by atoms with Crippen molar-refractivity contribution in [2.24, 2.45) is 0 Å². The number of anilines is 1. The Morgan fingerprint density at radius 1 is 1.23 bits per heavy atom. The van der Waals surface area contributed by atoms with Gasteiger partial charge in [-0.2, -0.15) is 0 Å². The first kappa shape index (κ1) is 16.6. The van der Waals surface area contributed by atoms with Gasteiger partial charge in [0, 0.05) is 0 Å². The molecule has 6 heteroatoms. The normalized spacial score (nSPS) is 11.8. The van der Waals surface area contributed by atoms with Crippen molar-refractivity contribution in [2.45, 2.75) is 19.4 Å². The summed E-state index contributed by atoms with van der Waals surface area (Å²) >= 11 is 11.9. The van der Waals surface area contributed by atoms with E-state index in [-0.39, 0.29) is 16.7 Å². The Kier molecular flexibility index (Phi) is 5.63. The summed E-state index contributed by atoms with van der Waals surface area (Å²) in [6.45, 7) is 1.81. The van der Waals surface area contributed by atoms with Crippen molar-refractivity contribution in [3.05, 3.63) is 58.3 Å². The number of hydrogen-bond donors (Lipinski definition) is 1. The van der Waals surface area contributed by atoms with E-state index in [1.807, 2.05) is 6.92 Å². The monoisotopic (exact) mass is 341 g/mol. The smallest absolute Gasteiger partial charge is 0.265 e. The highest BCUT2D eigenvalue weighted by molar-refractivity contribution is 6.44. The molecule has 1 amide bonds. The first-order valence-electron chi connectivity index (χ1n) is 6.68. The van der Waals surface area contributed by atoms with Crippen LogP contribution in [0.4, 0.5) is 10.1 Å². The van der Waals surface area contributed by atoms with Crippen molar-refractivity contribution >= 4 is 34.8 Å². The minimum Gasteiger partial charge on any atom is -0.481 e. The predicted octanol–water partition coefficient (Wildman–Crippen LogP) is 4.93. The molecular weight excluding hydrogens is 328 g/mol. The highest BCUT2D eigenvalue weighted by atomic mass is 35.5. The number of carbonyl (C=O) groups is 1. The van der Waals surface area contributed by atoms with Crippen molar-refractivity contribution in [1.29, 1.82) is 0 Å². The quantitative estimate of drug-likeness (QED) is 0.837. The third-order valence-electron chi connectivity index (χ3n) is 2.96. The summed E-state index contributed by atoms with van der Waals surface area (Å²) < 4.78 is 18.4. The van der Waals surface area contributed by atoms with Gasteiger partial charge in [0.05, 0.1) is 15.7 Å². The molecule has 0 saturated carbocycles. The van der Waals surface area contributed by atoms with Gasteiger partial charge in [0.1, 0.15) is 11.6 Å². The van der Waals surface area contributed by atoms with Crippen molar-refractivity contribution in [3.63, 3.8) is 0 Å². The van der Waals surface area contributed by atoms with E-state index >= 15 is 0 Å². The zero-order chi connectivity index (χ0) is 16.1. The van der Waals surface area contributed by atoms with Crippen LogP contribution in [0.15, 0.2) is 42.5 Å². The Hall–Kier alpha value is -1.78. The van der Waals surface area contributed by atoms with Crippen LogP contribution < -0.4 is 10.1 Å². The first-order valence-corrected chi connectivity index (χ1v) is 7.44. The van der Waals surface area contributed by atoms with Crippen LogP contribution in [0.25, 0.3) is 0 Å². The summed E-state index contributed by atoms with van der Waals surface area (Å²) in [7, 11) is 0. The highest BCUT2D eigenvalue weighted by Crippen LogP contribution is 2.29. The molecule has 0 radical (unpaired) electrons. The Bertz CT molecular complexity index is 662. The first-order chi connectivity index (χ1) is 10.5. The van der Waals surface area contributed by atoms with Crippen molar-refractivity contribution in [1.82, 2.24) is 0 Å². The van der Waals surface area contributed by atoms with E-state index in [0.717, 1.165) is 0 Å². The molecule has 2 aromatic rings. The van der Waals surface area contributed by atoms with E-state index in [2.05, 4.69) is 5.32 Å². The van der Waals surface area contributed by atoms with E-state index in [1.165, 1.54) is 24.3 Å². The maximum atomic E-state index is 12.9. The number of ether oxygens (including phenoxy) is 1. The molecule has 0 bridgehead atoms. The van der Waals surface area contributed by atoms with Crippen molar-refractivity contribution in [3.8, 4) is 5.75 Å². The van der Waals surface area contributed by atoms with Crippen LogP contribution in [-0.2, 0) is 4.79 Å². The van der Waals surface area contributed by atoms with Crippen LogP contribution in [0, 0.1) is 5.82 Å². The zero-order valence-corrected chi connectivity index (χ0v) is 13.3. The molecule has 0 aliphatic carbocycles. The van der Waals surface area contributed by atoms with Gasteiger partial charge in [0.2, 0.25) is 0 Å². The molecule has 1 unspecified atom stereocenters. The van der Waals surface area contributed by atoms with E-state index in [0.29, 0.717) is 22.9 Å². The maximum Gasteiger partial charge on any atom is 0.265 e. The Morgan fingerprint density at radius 2 is 1.91 bits per heavy atom. The lowest BCUT2D eigenvalue weighted by atomic mass is 10.2. The predicted molar refractivity (Wildman–Crippen MR) is 86.2 cm³/mol. The fraction of sp³-hybridized carbons (Fsp3) is 0.188. The fourth-order valence-electron chi connectivity index (χ4n) is 1.81. The lowest BCUT2D eigenvalue weighted by Gasteiger charge is -2.18. The van der Waals surface area contributed by atoms with Crippen LogP contribution in [-0.4, -0.2) is 12.0 Å². The average molecular weight is 342 g/mol. The van der Waals surface area contributed by atoms with Crippen LogP contribution in [0.5, 0.6) is 5.75 Å². The van der Waals surface area contributed by atoms with Gasteiger partial charge in [0.15, 0.2) is 6.10 Å². The number of carbonyl (C=O) groups excluding carboxylic acids is 1. The van der Waals surface area contributed by atoms with E-state index in [4.69, 9.17) is 27.9 Å². The van der Waals surface area contributed by atoms with Gasteiger partial charge in [-0.15, -0.1) is 0 Å². The van der Waals surface area contributed by atoms with Gasteiger partial charge in [0.25, 0.3) is 5.91 Å². The van der Waals surface area contributed by atoms with E-state index in [9.17, 15) is 9.18 Å². The number of nitrogens with one attached hydrogen (secondary N) is 1. The highest BCUT2D eigenvalue weighted by Gasteiger charge is 2.20. The molecular formula is C16H14Cl2FNO2. The third-order valence-corrected chi connectivity index (χ3v) is 3.78. The van der Waals surface area contributed by atoms with Crippen molar-refractivity contribution in [2.75, 3.05) is 5.32 Å². The van der Waals surface area contributed by atoms with Gasteiger partial charge in [-0.1, -0.05) is 36.2 Å². The number of hydrogen-bond acceptors (Lipinski definition) is 2. The lowest BCUT2D eigenvalue weighted by Crippen LogP contribution is -2.32. The number of halogens is 3. The molecule has 0 aliphatic rings. The molecule has 2 aromatic carbocycles. The molecule has 1 N–H and O–H groups in total. The summed E-state index contributed by atoms with van der Waals surface area (Å²) in [6, 6.07) is 10.4. The van der Waals surface area contributed by atoms with Crippen LogP contribution in [0.3, 0.4) is 0 Å². The largest absolute Gasteiger partial charge is 0.481 e. The van der Waals surface area contributed by atoms with E-state index < -0.39 is 6.10 Å². The Morgan fingerprint density at radius 3 is 2.55 bits per heavy atom. The van der Waals surface area contributed by atoms with Crippen LogP contribution in [0.2, 0.25) is 10.0 Å². The standard InChI is InChI=1S/C16H14Cl2FNO2/c1-2-14(22-11-8-6-10(19)7-9-11)16(21)20-13-5-3-4-12(17)15(13)18/h3-9,14H,2H2,1H3,(H,20,21). The van der Waals surface area contributed by atoms with Crippen molar-refractivity contribution < 1.29 is 13.9 Å². The minimum atomic E-state index is -0.722. The molecule has 0 spiro atoms. The number of amides is 1. The van der Waals surface area contributed by atoms with Gasteiger partial charge >= 0.3 is 0 Å². The fourth-order valence-corrected chi connectivity index (χ4v) is 2.16. The summed E-state index contributed by atoms with van der Waals surface area (Å²) in [6.07, 6.45) is -0.276. The Labute approximate surface area is 138 Å². The van der Waals surface area contributed by atoms with Gasteiger partial charge in [-0.05, 0) is 42.8 Å². The lowest BCUT2D eigenvalue weighted by molar-refractivity contribution is -0.122. The average Bonchev–Trinajstić information content (AvgIpc) is 2.51. The SMILES string of the molecule is CCC(Oc1ccc(F)cc1)C(=O)Nc1cccc(Cl)c1Cl. The molecule has 0 saturated heterocycles. The van der Waals surface area contributed by atoms with Gasteiger partial charge < -0.3 is 10.1 Å².